The van der Waals surface area contributed by atoms with Gasteiger partial charge in [0.1, 0.15) is 5.82 Å². The fourth-order valence-corrected chi connectivity index (χ4v) is 1.84. The Labute approximate surface area is 89.9 Å². The van der Waals surface area contributed by atoms with E-state index in [-0.39, 0.29) is 5.82 Å². The minimum Gasteiger partial charge on any atom is -0.383 e. The van der Waals surface area contributed by atoms with E-state index in [1.54, 1.807) is 13.0 Å². The molecular formula is C12H17FN2. The lowest BCUT2D eigenvalue weighted by Crippen LogP contribution is -2.17. The van der Waals surface area contributed by atoms with Crippen molar-refractivity contribution in [1.29, 1.82) is 0 Å². The van der Waals surface area contributed by atoms with Crippen molar-refractivity contribution in [2.45, 2.75) is 20.3 Å². The summed E-state index contributed by atoms with van der Waals surface area (Å²) in [7, 11) is 0. The van der Waals surface area contributed by atoms with Gasteiger partial charge in [-0.05, 0) is 37.0 Å². The zero-order valence-corrected chi connectivity index (χ0v) is 9.23. The Morgan fingerprint density at radius 3 is 2.47 bits per heavy atom. The molecule has 1 atom stereocenters. The summed E-state index contributed by atoms with van der Waals surface area (Å²) in [6.45, 7) is 5.84. The summed E-state index contributed by atoms with van der Waals surface area (Å²) in [4.78, 5) is 0. The van der Waals surface area contributed by atoms with Crippen LogP contribution in [0.1, 0.15) is 18.9 Å². The number of anilines is 2. The lowest BCUT2D eigenvalue weighted by Gasteiger charge is -2.10. The number of benzene rings is 1. The third-order valence-electron chi connectivity index (χ3n) is 3.04. The van der Waals surface area contributed by atoms with E-state index < -0.39 is 0 Å². The highest BCUT2D eigenvalue weighted by Crippen LogP contribution is 2.28. The fourth-order valence-electron chi connectivity index (χ4n) is 1.84. The lowest BCUT2D eigenvalue weighted by atomic mass is 10.1. The van der Waals surface area contributed by atoms with Gasteiger partial charge < -0.3 is 10.6 Å². The molecule has 1 aromatic carbocycles. The highest BCUT2D eigenvalue weighted by molar-refractivity contribution is 5.70. The number of fused-ring (bicyclic) bond motifs is 1. The van der Waals surface area contributed by atoms with E-state index in [2.05, 4.69) is 17.6 Å². The van der Waals surface area contributed by atoms with Gasteiger partial charge in [0.15, 0.2) is 0 Å². The SMILES string of the molecule is CCC1CNc2cc(C)c(F)cc2NC1. The van der Waals surface area contributed by atoms with Gasteiger partial charge in [-0.2, -0.15) is 0 Å². The second-order valence-electron chi connectivity index (χ2n) is 4.18. The molecule has 0 amide bonds. The molecule has 15 heavy (non-hydrogen) atoms. The molecule has 1 aliphatic rings. The van der Waals surface area contributed by atoms with E-state index in [1.165, 1.54) is 0 Å². The standard InChI is InChI=1S/C12H17FN2/c1-3-9-6-14-11-4-8(2)10(13)5-12(11)15-7-9/h4-5,9,14-15H,3,6-7H2,1-2H3. The fraction of sp³-hybridized carbons (Fsp3) is 0.500. The molecule has 2 nitrogen and oxygen atoms in total. The first-order chi connectivity index (χ1) is 7.20. The number of aryl methyl sites for hydroxylation is 1. The lowest BCUT2D eigenvalue weighted by molar-refractivity contribution is 0.570. The molecule has 0 bridgehead atoms. The van der Waals surface area contributed by atoms with Crippen LogP contribution in [-0.4, -0.2) is 13.1 Å². The zero-order chi connectivity index (χ0) is 10.8. The Morgan fingerprint density at radius 2 is 1.87 bits per heavy atom. The van der Waals surface area contributed by atoms with Crippen LogP contribution in [0, 0.1) is 18.7 Å². The molecule has 0 fully saturated rings. The minimum absolute atomic E-state index is 0.141. The van der Waals surface area contributed by atoms with Crippen molar-refractivity contribution < 1.29 is 4.39 Å². The second-order valence-corrected chi connectivity index (χ2v) is 4.18. The van der Waals surface area contributed by atoms with Gasteiger partial charge in [0.2, 0.25) is 0 Å². The molecule has 2 rings (SSSR count). The Morgan fingerprint density at radius 1 is 1.27 bits per heavy atom. The van der Waals surface area contributed by atoms with Gasteiger partial charge in [0.05, 0.1) is 11.4 Å². The van der Waals surface area contributed by atoms with Crippen LogP contribution in [0.25, 0.3) is 0 Å². The molecule has 2 N–H and O–H groups in total. The highest BCUT2D eigenvalue weighted by Gasteiger charge is 2.14. The molecule has 1 aromatic rings. The van der Waals surface area contributed by atoms with Gasteiger partial charge in [-0.3, -0.25) is 0 Å². The minimum atomic E-state index is -0.141. The second kappa shape index (κ2) is 4.09. The summed E-state index contributed by atoms with van der Waals surface area (Å²) in [5.74, 6) is 0.471. The molecular weight excluding hydrogens is 191 g/mol. The maximum absolute atomic E-state index is 13.4. The summed E-state index contributed by atoms with van der Waals surface area (Å²) >= 11 is 0. The molecule has 1 unspecified atom stereocenters. The molecule has 0 aliphatic carbocycles. The number of rotatable bonds is 1. The van der Waals surface area contributed by atoms with E-state index in [9.17, 15) is 4.39 Å². The van der Waals surface area contributed by atoms with Crippen LogP contribution in [0.5, 0.6) is 0 Å². The van der Waals surface area contributed by atoms with E-state index in [0.717, 1.165) is 30.9 Å². The van der Waals surface area contributed by atoms with Crippen molar-refractivity contribution in [3.8, 4) is 0 Å². The van der Waals surface area contributed by atoms with Crippen molar-refractivity contribution in [2.24, 2.45) is 5.92 Å². The summed E-state index contributed by atoms with van der Waals surface area (Å²) < 4.78 is 13.4. The van der Waals surface area contributed by atoms with Gasteiger partial charge in [-0.1, -0.05) is 6.92 Å². The van der Waals surface area contributed by atoms with Crippen molar-refractivity contribution >= 4 is 11.4 Å². The van der Waals surface area contributed by atoms with Crippen molar-refractivity contribution in [3.05, 3.63) is 23.5 Å². The average molecular weight is 208 g/mol. The number of hydrogen-bond acceptors (Lipinski definition) is 2. The van der Waals surface area contributed by atoms with E-state index in [4.69, 9.17) is 0 Å². The maximum atomic E-state index is 13.4. The highest BCUT2D eigenvalue weighted by atomic mass is 19.1. The topological polar surface area (TPSA) is 24.1 Å². The van der Waals surface area contributed by atoms with Gasteiger partial charge in [0, 0.05) is 13.1 Å². The molecule has 1 aliphatic heterocycles. The van der Waals surface area contributed by atoms with E-state index >= 15 is 0 Å². The van der Waals surface area contributed by atoms with Crippen LogP contribution in [0.2, 0.25) is 0 Å². The van der Waals surface area contributed by atoms with Crippen LogP contribution in [0.15, 0.2) is 12.1 Å². The molecule has 0 aromatic heterocycles. The summed E-state index contributed by atoms with van der Waals surface area (Å²) in [6.07, 6.45) is 1.13. The summed E-state index contributed by atoms with van der Waals surface area (Å²) in [5, 5.41) is 6.66. The summed E-state index contributed by atoms with van der Waals surface area (Å²) in [5.41, 5.74) is 2.59. The molecule has 0 radical (unpaired) electrons. The van der Waals surface area contributed by atoms with Gasteiger partial charge in [-0.25, -0.2) is 4.39 Å². The van der Waals surface area contributed by atoms with Crippen LogP contribution >= 0.6 is 0 Å². The Bertz CT molecular complexity index is 330. The first-order valence-electron chi connectivity index (χ1n) is 5.48. The molecule has 0 spiro atoms. The summed E-state index contributed by atoms with van der Waals surface area (Å²) in [6, 6.07) is 3.45. The van der Waals surface area contributed by atoms with E-state index in [1.807, 2.05) is 6.07 Å². The van der Waals surface area contributed by atoms with E-state index in [0.29, 0.717) is 11.5 Å². The predicted molar refractivity (Wildman–Crippen MR) is 61.9 cm³/mol. The molecule has 1 heterocycles. The number of hydrogen-bond donors (Lipinski definition) is 2. The predicted octanol–water partition coefficient (Wildman–Crippen LogP) is 3.00. The normalized spacial score (nSPS) is 19.8. The van der Waals surface area contributed by atoms with Crippen LogP contribution in [0.3, 0.4) is 0 Å². The first-order valence-corrected chi connectivity index (χ1v) is 5.48. The van der Waals surface area contributed by atoms with Gasteiger partial charge >= 0.3 is 0 Å². The Balaban J connectivity index is 2.27. The largest absolute Gasteiger partial charge is 0.383 e. The number of halogens is 1. The van der Waals surface area contributed by atoms with Crippen LogP contribution < -0.4 is 10.6 Å². The van der Waals surface area contributed by atoms with Gasteiger partial charge in [-0.15, -0.1) is 0 Å². The van der Waals surface area contributed by atoms with Gasteiger partial charge in [0.25, 0.3) is 0 Å². The molecule has 0 saturated carbocycles. The first kappa shape index (κ1) is 10.3. The molecule has 82 valence electrons. The monoisotopic (exact) mass is 208 g/mol. The molecule has 0 saturated heterocycles. The molecule has 3 heteroatoms. The Hall–Kier alpha value is -1.25. The van der Waals surface area contributed by atoms with Crippen molar-refractivity contribution in [2.75, 3.05) is 23.7 Å². The van der Waals surface area contributed by atoms with Crippen LogP contribution in [-0.2, 0) is 0 Å². The quantitative estimate of drug-likeness (QED) is 0.741. The Kier molecular flexibility index (Phi) is 2.80. The zero-order valence-electron chi connectivity index (χ0n) is 9.23. The third kappa shape index (κ3) is 2.06. The maximum Gasteiger partial charge on any atom is 0.128 e. The van der Waals surface area contributed by atoms with Crippen molar-refractivity contribution in [3.63, 3.8) is 0 Å². The van der Waals surface area contributed by atoms with Crippen LogP contribution in [0.4, 0.5) is 15.8 Å². The smallest absolute Gasteiger partial charge is 0.128 e. The average Bonchev–Trinajstić information content (AvgIpc) is 2.42. The van der Waals surface area contributed by atoms with Crippen molar-refractivity contribution in [1.82, 2.24) is 0 Å². The third-order valence-corrected chi connectivity index (χ3v) is 3.04. The number of nitrogens with one attached hydrogen (secondary N) is 2.